The minimum absolute atomic E-state index is 0.890. The van der Waals surface area contributed by atoms with Crippen LogP contribution in [0.3, 0.4) is 0 Å². The molecule has 0 aliphatic carbocycles. The number of fused-ring (bicyclic) bond motifs is 4. The Bertz CT molecular complexity index is 3250. The predicted molar refractivity (Wildman–Crippen MR) is 258 cm³/mol. The third-order valence-electron chi connectivity index (χ3n) is 11.7. The van der Waals surface area contributed by atoms with Crippen molar-refractivity contribution in [3.05, 3.63) is 235 Å². The summed E-state index contributed by atoms with van der Waals surface area (Å²) < 4.78 is 0. The van der Waals surface area contributed by atoms with E-state index in [4.69, 9.17) is 6.42 Å². The number of hydrogen-bond acceptors (Lipinski definition) is 1. The first-order valence-corrected chi connectivity index (χ1v) is 20.5. The number of anilines is 3. The van der Waals surface area contributed by atoms with Crippen molar-refractivity contribution in [2.75, 3.05) is 4.90 Å². The van der Waals surface area contributed by atoms with E-state index in [9.17, 15) is 0 Å². The van der Waals surface area contributed by atoms with Crippen molar-refractivity contribution in [1.82, 2.24) is 0 Å². The maximum atomic E-state index is 5.86. The highest BCUT2D eigenvalue weighted by Gasteiger charge is 2.20. The molecule has 0 spiro atoms. The fourth-order valence-corrected chi connectivity index (χ4v) is 8.68. The van der Waals surface area contributed by atoms with E-state index >= 15 is 0 Å². The molecule has 10 aromatic rings. The maximum Gasteiger partial charge on any atom is 0.0546 e. The van der Waals surface area contributed by atoms with Gasteiger partial charge in [0.05, 0.1) is 5.69 Å². The fourth-order valence-electron chi connectivity index (χ4n) is 8.68. The zero-order valence-electron chi connectivity index (χ0n) is 33.4. The quantitative estimate of drug-likeness (QED) is 0.0846. The zero-order chi connectivity index (χ0) is 40.4. The molecule has 10 rings (SSSR count). The summed E-state index contributed by atoms with van der Waals surface area (Å²) in [6.07, 6.45) is 8.04. The second-order valence-corrected chi connectivity index (χ2v) is 15.3. The summed E-state index contributed by atoms with van der Waals surface area (Å²) in [7, 11) is 0. The van der Waals surface area contributed by atoms with Crippen LogP contribution < -0.4 is 4.90 Å². The third kappa shape index (κ3) is 6.81. The molecule has 0 radical (unpaired) electrons. The molecular formula is C59H41N. The first kappa shape index (κ1) is 36.4. The van der Waals surface area contributed by atoms with Crippen LogP contribution in [0.25, 0.3) is 77.3 Å². The molecule has 0 N–H and O–H groups in total. The Morgan fingerprint density at radius 1 is 0.433 bits per heavy atom. The molecule has 282 valence electrons. The van der Waals surface area contributed by atoms with Crippen LogP contribution in [0.1, 0.15) is 23.6 Å². The zero-order valence-corrected chi connectivity index (χ0v) is 33.4. The predicted octanol–water partition coefficient (Wildman–Crippen LogP) is 16.2. The Balaban J connectivity index is 1.15. The topological polar surface area (TPSA) is 3.24 Å². The van der Waals surface area contributed by atoms with Crippen LogP contribution in [-0.4, -0.2) is 0 Å². The molecule has 0 saturated carbocycles. The Labute approximate surface area is 352 Å². The monoisotopic (exact) mass is 763 g/mol. The minimum atomic E-state index is 0.890. The Kier molecular flexibility index (Phi) is 9.58. The molecule has 0 unspecified atom stereocenters. The van der Waals surface area contributed by atoms with Gasteiger partial charge in [-0.1, -0.05) is 194 Å². The molecule has 0 heterocycles. The lowest BCUT2D eigenvalue weighted by Gasteiger charge is -2.29. The van der Waals surface area contributed by atoms with Crippen molar-refractivity contribution >= 4 is 61.0 Å². The van der Waals surface area contributed by atoms with Gasteiger partial charge in [-0.25, -0.2) is 0 Å². The first-order valence-electron chi connectivity index (χ1n) is 20.5. The van der Waals surface area contributed by atoms with Crippen LogP contribution in [0.4, 0.5) is 17.1 Å². The number of benzene rings is 10. The van der Waals surface area contributed by atoms with Gasteiger partial charge in [0, 0.05) is 22.3 Å². The molecule has 0 atom stereocenters. The molecule has 0 fully saturated rings. The van der Waals surface area contributed by atoms with E-state index in [1.165, 1.54) is 60.1 Å². The van der Waals surface area contributed by atoms with Gasteiger partial charge >= 0.3 is 0 Å². The van der Waals surface area contributed by atoms with Crippen molar-refractivity contribution in [3.63, 3.8) is 0 Å². The summed E-state index contributed by atoms with van der Waals surface area (Å²) >= 11 is 0. The van der Waals surface area contributed by atoms with Gasteiger partial charge in [0.1, 0.15) is 0 Å². The molecule has 60 heavy (non-hydrogen) atoms. The summed E-state index contributed by atoms with van der Waals surface area (Å²) in [6, 6.07) is 78.8. The standard InChI is InChI=1S/C59H41N/c1-3-42-16-7-8-20-48(42)38-41(2)43-32-34-50(35-33-43)60(59-39-49-21-10-12-24-54(49)56-25-13-14-26-57(56)59)51-36-37-55(44-17-5-4-6-18-44)58(40-51)47-30-28-46(29-31-47)53-27-15-22-45-19-9-11-23-52(45)53/h1,4-40H,2H3/b41-38+. The molecule has 0 aromatic heterocycles. The minimum Gasteiger partial charge on any atom is -0.310 e. The van der Waals surface area contributed by atoms with Crippen molar-refractivity contribution < 1.29 is 0 Å². The van der Waals surface area contributed by atoms with E-state index in [-0.39, 0.29) is 0 Å². The average Bonchev–Trinajstić information content (AvgIpc) is 3.32. The van der Waals surface area contributed by atoms with E-state index in [1.54, 1.807) is 0 Å². The average molecular weight is 764 g/mol. The van der Waals surface area contributed by atoms with Gasteiger partial charge in [-0.3, -0.25) is 0 Å². The Morgan fingerprint density at radius 3 is 1.78 bits per heavy atom. The highest BCUT2D eigenvalue weighted by atomic mass is 15.1. The summed E-state index contributed by atoms with van der Waals surface area (Å²) in [4.78, 5) is 2.42. The van der Waals surface area contributed by atoms with Gasteiger partial charge in [0.25, 0.3) is 0 Å². The molecule has 0 aliphatic rings. The van der Waals surface area contributed by atoms with Crippen LogP contribution in [0, 0.1) is 12.3 Å². The van der Waals surface area contributed by atoms with E-state index in [2.05, 4.69) is 224 Å². The van der Waals surface area contributed by atoms with Gasteiger partial charge < -0.3 is 4.90 Å². The number of nitrogens with zero attached hydrogens (tertiary/aromatic N) is 1. The highest BCUT2D eigenvalue weighted by Crippen LogP contribution is 2.45. The van der Waals surface area contributed by atoms with Gasteiger partial charge in [0.15, 0.2) is 0 Å². The fraction of sp³-hybridized carbons (Fsp3) is 0.0169. The van der Waals surface area contributed by atoms with Crippen molar-refractivity contribution in [3.8, 4) is 45.7 Å². The molecule has 0 bridgehead atoms. The molecule has 0 aliphatic heterocycles. The first-order chi connectivity index (χ1) is 29.6. The van der Waals surface area contributed by atoms with Crippen molar-refractivity contribution in [1.29, 1.82) is 0 Å². The summed E-state index contributed by atoms with van der Waals surface area (Å²) in [6.45, 7) is 2.15. The molecule has 10 aromatic carbocycles. The lowest BCUT2D eigenvalue weighted by atomic mass is 9.91. The van der Waals surface area contributed by atoms with E-state index < -0.39 is 0 Å². The second-order valence-electron chi connectivity index (χ2n) is 15.3. The van der Waals surface area contributed by atoms with Crippen LogP contribution in [0.5, 0.6) is 0 Å². The number of hydrogen-bond donors (Lipinski definition) is 0. The van der Waals surface area contributed by atoms with Crippen LogP contribution in [0.15, 0.2) is 218 Å². The number of allylic oxidation sites excluding steroid dienone is 1. The normalized spacial score (nSPS) is 11.5. The van der Waals surface area contributed by atoms with Gasteiger partial charge in [0.2, 0.25) is 0 Å². The van der Waals surface area contributed by atoms with E-state index in [0.717, 1.165) is 44.9 Å². The number of rotatable bonds is 8. The lowest BCUT2D eigenvalue weighted by molar-refractivity contribution is 1.30. The van der Waals surface area contributed by atoms with Crippen LogP contribution in [-0.2, 0) is 0 Å². The maximum absolute atomic E-state index is 5.86. The molecular weight excluding hydrogens is 723 g/mol. The van der Waals surface area contributed by atoms with Gasteiger partial charge in [-0.2, -0.15) is 0 Å². The van der Waals surface area contributed by atoms with Crippen LogP contribution in [0.2, 0.25) is 0 Å². The Hall–Kier alpha value is -7.92. The van der Waals surface area contributed by atoms with Crippen LogP contribution >= 0.6 is 0 Å². The van der Waals surface area contributed by atoms with Crippen molar-refractivity contribution in [2.24, 2.45) is 0 Å². The summed E-state index contributed by atoms with van der Waals surface area (Å²) in [5.41, 5.74) is 14.6. The van der Waals surface area contributed by atoms with Gasteiger partial charge in [-0.15, -0.1) is 6.42 Å². The highest BCUT2D eigenvalue weighted by molar-refractivity contribution is 6.14. The summed E-state index contributed by atoms with van der Waals surface area (Å²) in [5, 5.41) is 7.36. The smallest absolute Gasteiger partial charge is 0.0546 e. The number of terminal acetylenes is 1. The molecule has 0 saturated heterocycles. The summed E-state index contributed by atoms with van der Waals surface area (Å²) in [5.74, 6) is 2.84. The lowest BCUT2D eigenvalue weighted by Crippen LogP contribution is -2.11. The molecule has 1 heteroatoms. The molecule has 0 amide bonds. The van der Waals surface area contributed by atoms with Gasteiger partial charge in [-0.05, 0) is 120 Å². The second kappa shape index (κ2) is 15.8. The third-order valence-corrected chi connectivity index (χ3v) is 11.7. The Morgan fingerprint density at radius 2 is 1.02 bits per heavy atom. The van der Waals surface area contributed by atoms with Crippen molar-refractivity contribution in [2.45, 2.75) is 6.92 Å². The largest absolute Gasteiger partial charge is 0.310 e. The SMILES string of the molecule is C#Cc1ccccc1/C=C(\C)c1ccc(N(c2ccc(-c3ccccc3)c(-c3ccc(-c4cccc5ccccc45)cc3)c2)c2cc3ccccc3c3ccccc23)cc1. The molecule has 1 nitrogen and oxygen atoms in total. The van der Waals surface area contributed by atoms with E-state index in [1.807, 2.05) is 18.2 Å². The van der Waals surface area contributed by atoms with E-state index in [0.29, 0.717) is 0 Å².